The Balaban J connectivity index is 2.84. The molecular formula is C11H11F3S. The molecule has 1 aromatic carbocycles. The van der Waals surface area contributed by atoms with Crippen molar-refractivity contribution in [3.05, 3.63) is 41.5 Å². The lowest BCUT2D eigenvalue weighted by atomic mass is 10.1. The third-order valence-electron chi connectivity index (χ3n) is 1.82. The normalized spacial score (nSPS) is 12.3. The minimum atomic E-state index is -4.27. The fourth-order valence-electron chi connectivity index (χ4n) is 1.11. The molecule has 0 unspecified atom stereocenters. The second-order valence-electron chi connectivity index (χ2n) is 3.04. The van der Waals surface area contributed by atoms with Crippen molar-refractivity contribution in [1.82, 2.24) is 0 Å². The molecule has 82 valence electrons. The first kappa shape index (κ1) is 12.2. The van der Waals surface area contributed by atoms with E-state index in [4.69, 9.17) is 0 Å². The monoisotopic (exact) mass is 232 g/mol. The molecule has 0 atom stereocenters. The SMILES string of the molecule is FC(F)(F)c1cccc(C=CCCS)c1. The molecule has 0 fully saturated rings. The summed E-state index contributed by atoms with van der Waals surface area (Å²) >= 11 is 4.00. The first-order valence-corrected chi connectivity index (χ1v) is 5.12. The first-order chi connectivity index (χ1) is 7.04. The maximum Gasteiger partial charge on any atom is 0.416 e. The number of alkyl halides is 3. The van der Waals surface area contributed by atoms with Crippen LogP contribution < -0.4 is 0 Å². The van der Waals surface area contributed by atoms with Crippen LogP contribution >= 0.6 is 12.6 Å². The van der Waals surface area contributed by atoms with E-state index in [1.807, 2.05) is 6.08 Å². The zero-order chi connectivity index (χ0) is 11.3. The fourth-order valence-corrected chi connectivity index (χ4v) is 1.26. The molecular weight excluding hydrogens is 221 g/mol. The average molecular weight is 232 g/mol. The minimum absolute atomic E-state index is 0.562. The van der Waals surface area contributed by atoms with Gasteiger partial charge in [0.15, 0.2) is 0 Å². The van der Waals surface area contributed by atoms with Gasteiger partial charge in [-0.25, -0.2) is 0 Å². The van der Waals surface area contributed by atoms with E-state index in [0.717, 1.165) is 18.6 Å². The number of benzene rings is 1. The highest BCUT2D eigenvalue weighted by Gasteiger charge is 2.30. The molecule has 0 amide bonds. The fraction of sp³-hybridized carbons (Fsp3) is 0.273. The summed E-state index contributed by atoms with van der Waals surface area (Å²) in [6.45, 7) is 0. The first-order valence-electron chi connectivity index (χ1n) is 4.48. The maximum absolute atomic E-state index is 12.3. The van der Waals surface area contributed by atoms with Gasteiger partial charge in [0.25, 0.3) is 0 Å². The van der Waals surface area contributed by atoms with Crippen molar-refractivity contribution in [2.45, 2.75) is 12.6 Å². The van der Waals surface area contributed by atoms with Gasteiger partial charge in [-0.1, -0.05) is 24.3 Å². The molecule has 0 N–H and O–H groups in total. The van der Waals surface area contributed by atoms with Crippen LogP contribution in [0.25, 0.3) is 6.08 Å². The van der Waals surface area contributed by atoms with Crippen LogP contribution in [-0.4, -0.2) is 5.75 Å². The number of rotatable bonds is 3. The van der Waals surface area contributed by atoms with E-state index in [2.05, 4.69) is 12.6 Å². The Morgan fingerprint density at radius 3 is 2.60 bits per heavy atom. The van der Waals surface area contributed by atoms with Crippen LogP contribution in [-0.2, 0) is 6.18 Å². The van der Waals surface area contributed by atoms with Crippen molar-refractivity contribution < 1.29 is 13.2 Å². The summed E-state index contributed by atoms with van der Waals surface area (Å²) in [6.07, 6.45) is -0.0410. The average Bonchev–Trinajstić information content (AvgIpc) is 2.17. The summed E-state index contributed by atoms with van der Waals surface area (Å²) < 4.78 is 37.0. The van der Waals surface area contributed by atoms with E-state index < -0.39 is 11.7 Å². The van der Waals surface area contributed by atoms with E-state index in [1.165, 1.54) is 6.07 Å². The largest absolute Gasteiger partial charge is 0.416 e. The number of thiol groups is 1. The molecule has 0 radical (unpaired) electrons. The Kier molecular flexibility index (Phi) is 4.27. The smallest absolute Gasteiger partial charge is 0.179 e. The molecule has 4 heteroatoms. The molecule has 0 saturated carbocycles. The van der Waals surface area contributed by atoms with Gasteiger partial charge < -0.3 is 0 Å². The zero-order valence-electron chi connectivity index (χ0n) is 7.96. The van der Waals surface area contributed by atoms with E-state index in [1.54, 1.807) is 12.1 Å². The quantitative estimate of drug-likeness (QED) is 0.747. The van der Waals surface area contributed by atoms with Crippen molar-refractivity contribution in [3.63, 3.8) is 0 Å². The maximum atomic E-state index is 12.3. The van der Waals surface area contributed by atoms with Crippen LogP contribution in [0.5, 0.6) is 0 Å². The van der Waals surface area contributed by atoms with Crippen molar-refractivity contribution in [1.29, 1.82) is 0 Å². The van der Waals surface area contributed by atoms with Crippen LogP contribution in [0.1, 0.15) is 17.5 Å². The number of hydrogen-bond acceptors (Lipinski definition) is 1. The van der Waals surface area contributed by atoms with Gasteiger partial charge in [-0.2, -0.15) is 25.8 Å². The lowest BCUT2D eigenvalue weighted by Crippen LogP contribution is -2.04. The molecule has 0 nitrogen and oxygen atoms in total. The predicted octanol–water partition coefficient (Wildman–Crippen LogP) is 4.04. The lowest BCUT2D eigenvalue weighted by Gasteiger charge is -2.06. The molecule has 0 aliphatic carbocycles. The topological polar surface area (TPSA) is 0 Å². The van der Waals surface area contributed by atoms with Gasteiger partial charge in [0.1, 0.15) is 0 Å². The summed E-state index contributed by atoms with van der Waals surface area (Å²) in [6, 6.07) is 5.25. The van der Waals surface area contributed by atoms with Crippen molar-refractivity contribution >= 4 is 18.7 Å². The standard InChI is InChI=1S/C11H11F3S/c12-11(13,14)10-6-3-5-9(8-10)4-1-2-7-15/h1,3-6,8,15H,2,7H2. The Morgan fingerprint density at radius 2 is 2.00 bits per heavy atom. The highest BCUT2D eigenvalue weighted by molar-refractivity contribution is 7.80. The molecule has 1 aromatic rings. The van der Waals surface area contributed by atoms with Gasteiger partial charge in [0.2, 0.25) is 0 Å². The summed E-state index contributed by atoms with van der Waals surface area (Å²) in [7, 11) is 0. The molecule has 0 spiro atoms. The molecule has 0 bridgehead atoms. The van der Waals surface area contributed by atoms with E-state index in [9.17, 15) is 13.2 Å². The van der Waals surface area contributed by atoms with Gasteiger partial charge in [-0.3, -0.25) is 0 Å². The van der Waals surface area contributed by atoms with Gasteiger partial charge >= 0.3 is 6.18 Å². The molecule has 0 aromatic heterocycles. The summed E-state index contributed by atoms with van der Waals surface area (Å²) in [5.41, 5.74) is -0.0536. The summed E-state index contributed by atoms with van der Waals surface area (Å²) in [5.74, 6) is 0.690. The van der Waals surface area contributed by atoms with Crippen molar-refractivity contribution in [3.8, 4) is 0 Å². The van der Waals surface area contributed by atoms with Gasteiger partial charge in [0, 0.05) is 0 Å². The molecule has 0 aliphatic heterocycles. The lowest BCUT2D eigenvalue weighted by molar-refractivity contribution is -0.137. The Hall–Kier alpha value is -0.900. The Bertz CT molecular complexity index is 342. The Morgan fingerprint density at radius 1 is 1.27 bits per heavy atom. The van der Waals surface area contributed by atoms with Crippen molar-refractivity contribution in [2.24, 2.45) is 0 Å². The van der Waals surface area contributed by atoms with Crippen LogP contribution in [0.3, 0.4) is 0 Å². The highest BCUT2D eigenvalue weighted by atomic mass is 32.1. The second kappa shape index (κ2) is 5.26. The molecule has 1 rings (SSSR count). The van der Waals surface area contributed by atoms with Gasteiger partial charge in [-0.05, 0) is 29.9 Å². The molecule has 0 aliphatic rings. The van der Waals surface area contributed by atoms with E-state index in [0.29, 0.717) is 11.3 Å². The predicted molar refractivity (Wildman–Crippen MR) is 58.9 cm³/mol. The molecule has 15 heavy (non-hydrogen) atoms. The second-order valence-corrected chi connectivity index (χ2v) is 3.49. The third kappa shape index (κ3) is 4.00. The van der Waals surface area contributed by atoms with Crippen LogP contribution in [0.15, 0.2) is 30.3 Å². The Labute approximate surface area is 92.2 Å². The van der Waals surface area contributed by atoms with Crippen LogP contribution in [0.2, 0.25) is 0 Å². The van der Waals surface area contributed by atoms with Gasteiger partial charge in [0.05, 0.1) is 5.56 Å². The van der Waals surface area contributed by atoms with E-state index in [-0.39, 0.29) is 0 Å². The molecule has 0 saturated heterocycles. The third-order valence-corrected chi connectivity index (χ3v) is 2.08. The minimum Gasteiger partial charge on any atom is -0.179 e. The number of allylic oxidation sites excluding steroid dienone is 1. The zero-order valence-corrected chi connectivity index (χ0v) is 8.85. The van der Waals surface area contributed by atoms with Gasteiger partial charge in [-0.15, -0.1) is 0 Å². The van der Waals surface area contributed by atoms with Crippen LogP contribution in [0.4, 0.5) is 13.2 Å². The number of hydrogen-bond donors (Lipinski definition) is 1. The van der Waals surface area contributed by atoms with Crippen molar-refractivity contribution in [2.75, 3.05) is 5.75 Å². The summed E-state index contributed by atoms with van der Waals surface area (Å²) in [4.78, 5) is 0. The number of halogens is 3. The van der Waals surface area contributed by atoms with Crippen LogP contribution in [0, 0.1) is 0 Å². The summed E-state index contributed by atoms with van der Waals surface area (Å²) in [5, 5.41) is 0. The molecule has 0 heterocycles. The van der Waals surface area contributed by atoms with E-state index >= 15 is 0 Å². The highest BCUT2D eigenvalue weighted by Crippen LogP contribution is 2.29.